The molecule has 1 radical (unpaired) electrons. The topological polar surface area (TPSA) is 0 Å². The third kappa shape index (κ3) is 2.76. The first-order valence-electron chi connectivity index (χ1n) is 5.49. The van der Waals surface area contributed by atoms with Crippen molar-refractivity contribution in [2.75, 3.05) is 0 Å². The van der Waals surface area contributed by atoms with Crippen molar-refractivity contribution in [2.24, 2.45) is 0 Å². The summed E-state index contributed by atoms with van der Waals surface area (Å²) in [4.78, 5) is 0. The van der Waals surface area contributed by atoms with Crippen LogP contribution in [-0.2, 0) is 0 Å². The van der Waals surface area contributed by atoms with E-state index in [-0.39, 0.29) is 0 Å². The Morgan fingerprint density at radius 2 is 1.25 bits per heavy atom. The second kappa shape index (κ2) is 5.90. The van der Waals surface area contributed by atoms with Crippen molar-refractivity contribution in [2.45, 2.75) is 4.44 Å². The maximum atomic E-state index is 3.90. The molecule has 2 aromatic carbocycles. The number of hydrogen-bond donors (Lipinski definition) is 0. The zero-order valence-corrected chi connectivity index (χ0v) is 12.1. The molecule has 16 heavy (non-hydrogen) atoms. The summed E-state index contributed by atoms with van der Waals surface area (Å²) in [6.07, 6.45) is 2.08. The molecule has 1 heteroatoms. The van der Waals surface area contributed by atoms with Crippen molar-refractivity contribution in [3.8, 4) is 0 Å². The fraction of sp³-hybridized carbons (Fsp3) is 0.0667. The van der Waals surface area contributed by atoms with E-state index in [0.717, 1.165) is 0 Å². The van der Waals surface area contributed by atoms with E-state index in [4.69, 9.17) is 0 Å². The molecule has 0 aromatic heterocycles. The van der Waals surface area contributed by atoms with Gasteiger partial charge in [0.15, 0.2) is 0 Å². The average Bonchev–Trinajstić information content (AvgIpc) is 2.38. The fourth-order valence-electron chi connectivity index (χ4n) is 1.83. The molecule has 0 aliphatic rings. The van der Waals surface area contributed by atoms with Gasteiger partial charge in [0.2, 0.25) is 0 Å². The van der Waals surface area contributed by atoms with E-state index in [0.29, 0.717) is 0 Å². The summed E-state index contributed by atoms with van der Waals surface area (Å²) < 4.78 is 4.28. The zero-order chi connectivity index (χ0) is 11.2. The minimum atomic E-state index is -1.69. The van der Waals surface area contributed by atoms with Crippen LogP contribution in [0.25, 0.3) is 0 Å². The van der Waals surface area contributed by atoms with Crippen LogP contribution >= 0.6 is 0 Å². The SMILES string of the molecule is C=C[CH2][Sn]([c]1ccccc1)[c]1ccccc1. The summed E-state index contributed by atoms with van der Waals surface area (Å²) in [7, 11) is 0. The van der Waals surface area contributed by atoms with E-state index in [1.54, 1.807) is 7.16 Å². The van der Waals surface area contributed by atoms with Crippen LogP contribution in [0.1, 0.15) is 0 Å². The Morgan fingerprint density at radius 3 is 1.62 bits per heavy atom. The van der Waals surface area contributed by atoms with Gasteiger partial charge in [-0.15, -0.1) is 0 Å². The summed E-state index contributed by atoms with van der Waals surface area (Å²) in [6.45, 7) is 3.90. The van der Waals surface area contributed by atoms with E-state index in [1.807, 2.05) is 0 Å². The Labute approximate surface area is 104 Å². The van der Waals surface area contributed by atoms with Crippen LogP contribution in [0.2, 0.25) is 4.44 Å². The Hall–Kier alpha value is -1.02. The summed E-state index contributed by atoms with van der Waals surface area (Å²) in [5.74, 6) is 0. The normalized spacial score (nSPS) is 10.3. The molecule has 0 unspecified atom stereocenters. The summed E-state index contributed by atoms with van der Waals surface area (Å²) >= 11 is -1.69. The van der Waals surface area contributed by atoms with Crippen molar-refractivity contribution in [1.29, 1.82) is 0 Å². The number of rotatable bonds is 4. The molecule has 0 fully saturated rings. The first-order chi connectivity index (χ1) is 7.92. The summed E-state index contributed by atoms with van der Waals surface area (Å²) in [6, 6.07) is 21.8. The van der Waals surface area contributed by atoms with Crippen molar-refractivity contribution in [1.82, 2.24) is 0 Å². The molecular formula is C15H15Sn. The molecule has 0 aliphatic carbocycles. The minimum absolute atomic E-state index is 1.18. The molecule has 0 amide bonds. The zero-order valence-electron chi connectivity index (χ0n) is 9.27. The van der Waals surface area contributed by atoms with Crippen LogP contribution in [-0.4, -0.2) is 19.8 Å². The van der Waals surface area contributed by atoms with Gasteiger partial charge in [-0.3, -0.25) is 0 Å². The Morgan fingerprint density at radius 1 is 0.812 bits per heavy atom. The van der Waals surface area contributed by atoms with Crippen LogP contribution in [0.5, 0.6) is 0 Å². The van der Waals surface area contributed by atoms with E-state index in [1.165, 1.54) is 4.44 Å². The van der Waals surface area contributed by atoms with E-state index in [2.05, 4.69) is 73.3 Å². The molecule has 2 aromatic rings. The van der Waals surface area contributed by atoms with Gasteiger partial charge in [-0.05, 0) is 0 Å². The molecule has 0 heterocycles. The van der Waals surface area contributed by atoms with Crippen LogP contribution in [0.15, 0.2) is 73.3 Å². The van der Waals surface area contributed by atoms with E-state index in [9.17, 15) is 0 Å². The Kier molecular flexibility index (Phi) is 4.23. The molecular weight excluding hydrogens is 299 g/mol. The van der Waals surface area contributed by atoms with Gasteiger partial charge in [-0.25, -0.2) is 0 Å². The van der Waals surface area contributed by atoms with Crippen LogP contribution in [0.3, 0.4) is 0 Å². The molecule has 0 saturated heterocycles. The first kappa shape index (κ1) is 11.5. The van der Waals surface area contributed by atoms with Crippen molar-refractivity contribution < 1.29 is 0 Å². The van der Waals surface area contributed by atoms with E-state index >= 15 is 0 Å². The van der Waals surface area contributed by atoms with Crippen LogP contribution < -0.4 is 7.16 Å². The standard InChI is InChI=1S/2C6H5.C3H5.Sn/c2*1-2-4-6-5-3-1;1-3-2;/h2*1-5H;3H,1-2H2;. The van der Waals surface area contributed by atoms with Gasteiger partial charge in [0.25, 0.3) is 0 Å². The van der Waals surface area contributed by atoms with Crippen molar-refractivity contribution in [3.63, 3.8) is 0 Å². The van der Waals surface area contributed by atoms with Crippen molar-refractivity contribution >= 4 is 26.9 Å². The first-order valence-corrected chi connectivity index (χ1v) is 10.4. The third-order valence-electron chi connectivity index (χ3n) is 2.59. The van der Waals surface area contributed by atoms with Crippen LogP contribution in [0, 0.1) is 0 Å². The van der Waals surface area contributed by atoms with Crippen LogP contribution in [0.4, 0.5) is 0 Å². The molecule has 0 spiro atoms. The number of hydrogen-bond acceptors (Lipinski definition) is 0. The Balaban J connectivity index is 2.35. The van der Waals surface area contributed by atoms with Gasteiger partial charge in [0.1, 0.15) is 0 Å². The fourth-order valence-corrected chi connectivity index (χ4v) is 8.34. The quantitative estimate of drug-likeness (QED) is 0.601. The van der Waals surface area contributed by atoms with Gasteiger partial charge in [-0.2, -0.15) is 0 Å². The molecule has 0 N–H and O–H groups in total. The van der Waals surface area contributed by atoms with Gasteiger partial charge in [0, 0.05) is 0 Å². The molecule has 0 saturated carbocycles. The predicted octanol–water partition coefficient (Wildman–Crippen LogP) is 2.48. The summed E-state index contributed by atoms with van der Waals surface area (Å²) in [5.41, 5.74) is 0. The van der Waals surface area contributed by atoms with Gasteiger partial charge >= 0.3 is 105 Å². The van der Waals surface area contributed by atoms with E-state index < -0.39 is 19.8 Å². The summed E-state index contributed by atoms with van der Waals surface area (Å²) in [5, 5.41) is 0. The second-order valence-electron chi connectivity index (χ2n) is 3.70. The molecule has 0 aliphatic heterocycles. The monoisotopic (exact) mass is 315 g/mol. The predicted molar refractivity (Wildman–Crippen MR) is 72.9 cm³/mol. The molecule has 0 bridgehead atoms. The maximum absolute atomic E-state index is 3.90. The molecule has 0 atom stereocenters. The average molecular weight is 314 g/mol. The van der Waals surface area contributed by atoms with Gasteiger partial charge < -0.3 is 0 Å². The van der Waals surface area contributed by atoms with Gasteiger partial charge in [0.05, 0.1) is 0 Å². The number of benzene rings is 2. The number of allylic oxidation sites excluding steroid dienone is 1. The molecule has 2 rings (SSSR count). The second-order valence-corrected chi connectivity index (χ2v) is 10.9. The van der Waals surface area contributed by atoms with Crippen molar-refractivity contribution in [3.05, 3.63) is 73.3 Å². The molecule has 0 nitrogen and oxygen atoms in total. The van der Waals surface area contributed by atoms with Gasteiger partial charge in [-0.1, -0.05) is 0 Å². The molecule has 79 valence electrons. The third-order valence-corrected chi connectivity index (χ3v) is 10.5. The Bertz CT molecular complexity index is 394.